The van der Waals surface area contributed by atoms with E-state index in [0.29, 0.717) is 17.3 Å². The molecule has 2 heteroatoms. The van der Waals surface area contributed by atoms with Crippen LogP contribution in [0, 0.1) is 22.2 Å². The number of hydrogen-bond acceptors (Lipinski definition) is 2. The molecule has 3 atom stereocenters. The molecule has 0 aromatic heterocycles. The molecule has 3 rings (SSSR count). The summed E-state index contributed by atoms with van der Waals surface area (Å²) in [6, 6.07) is 0. The lowest BCUT2D eigenvalue weighted by Gasteiger charge is -2.52. The Morgan fingerprint density at radius 2 is 2.00 bits per heavy atom. The Morgan fingerprint density at radius 1 is 1.28 bits per heavy atom. The van der Waals surface area contributed by atoms with Gasteiger partial charge in [0.25, 0.3) is 6.47 Å². The molecule has 3 aliphatic carbocycles. The van der Waals surface area contributed by atoms with Crippen LogP contribution in [0.4, 0.5) is 0 Å². The highest BCUT2D eigenvalue weighted by Crippen LogP contribution is 2.73. The van der Waals surface area contributed by atoms with E-state index in [9.17, 15) is 4.79 Å². The predicted molar refractivity (Wildman–Crippen MR) is 71.0 cm³/mol. The van der Waals surface area contributed by atoms with Gasteiger partial charge in [-0.15, -0.1) is 0 Å². The van der Waals surface area contributed by atoms with E-state index in [2.05, 4.69) is 33.8 Å². The van der Waals surface area contributed by atoms with Crippen LogP contribution in [0.1, 0.15) is 53.4 Å². The molecule has 3 unspecified atom stereocenters. The van der Waals surface area contributed by atoms with E-state index in [-0.39, 0.29) is 11.5 Å². The summed E-state index contributed by atoms with van der Waals surface area (Å²) in [6.45, 7) is 10.1. The molecule has 0 aromatic rings. The number of carbonyl (C=O) groups excluding carboxylic acids is 1. The number of fused-ring (bicyclic) bond motifs is 1. The van der Waals surface area contributed by atoms with E-state index >= 15 is 0 Å². The van der Waals surface area contributed by atoms with Gasteiger partial charge in [0.2, 0.25) is 0 Å². The molecule has 0 N–H and O–H groups in total. The molecule has 0 heterocycles. The SMILES string of the molecule is CC1(C)C2=CC(OC=O)CC(C)(C)C23CCC1C3. The molecular formula is C16H24O2. The summed E-state index contributed by atoms with van der Waals surface area (Å²) in [7, 11) is 0. The van der Waals surface area contributed by atoms with Crippen molar-refractivity contribution < 1.29 is 9.53 Å². The molecule has 2 saturated carbocycles. The number of carbonyl (C=O) groups is 1. The Morgan fingerprint density at radius 3 is 2.67 bits per heavy atom. The second kappa shape index (κ2) is 3.40. The third-order valence-corrected chi connectivity index (χ3v) is 6.33. The van der Waals surface area contributed by atoms with Gasteiger partial charge in [-0.1, -0.05) is 33.3 Å². The second-order valence-electron chi connectivity index (χ2n) is 7.68. The molecule has 0 aliphatic heterocycles. The highest BCUT2D eigenvalue weighted by atomic mass is 16.5. The molecule has 0 saturated heterocycles. The highest BCUT2D eigenvalue weighted by molar-refractivity contribution is 5.42. The molecule has 0 amide bonds. The molecule has 3 aliphatic rings. The second-order valence-corrected chi connectivity index (χ2v) is 7.68. The lowest BCUT2D eigenvalue weighted by molar-refractivity contribution is -0.134. The van der Waals surface area contributed by atoms with Crippen molar-refractivity contribution in [1.82, 2.24) is 0 Å². The van der Waals surface area contributed by atoms with Gasteiger partial charge in [-0.25, -0.2) is 0 Å². The van der Waals surface area contributed by atoms with Crippen LogP contribution < -0.4 is 0 Å². The van der Waals surface area contributed by atoms with Gasteiger partial charge < -0.3 is 4.74 Å². The van der Waals surface area contributed by atoms with Crippen molar-refractivity contribution in [3.05, 3.63) is 11.6 Å². The van der Waals surface area contributed by atoms with Gasteiger partial charge in [0, 0.05) is 0 Å². The molecule has 100 valence electrons. The minimum absolute atomic E-state index is 0.0169. The maximum atomic E-state index is 10.6. The largest absolute Gasteiger partial charge is 0.460 e. The Bertz CT molecular complexity index is 419. The van der Waals surface area contributed by atoms with Crippen LogP contribution in [0.3, 0.4) is 0 Å². The van der Waals surface area contributed by atoms with Crippen molar-refractivity contribution >= 4 is 6.47 Å². The third kappa shape index (κ3) is 1.27. The summed E-state index contributed by atoms with van der Waals surface area (Å²) >= 11 is 0. The summed E-state index contributed by atoms with van der Waals surface area (Å²) in [5.41, 5.74) is 2.49. The standard InChI is InChI=1S/C16H24O2/c1-14(2)9-12(18-10-17)7-13-15(3,4)11-5-6-16(13,14)8-11/h7,10-12H,5-6,8-9H2,1-4H3. The van der Waals surface area contributed by atoms with Crippen LogP contribution in [0.25, 0.3) is 0 Å². The number of rotatable bonds is 2. The van der Waals surface area contributed by atoms with Crippen LogP contribution in [0.15, 0.2) is 11.6 Å². The van der Waals surface area contributed by atoms with Crippen molar-refractivity contribution in [3.63, 3.8) is 0 Å². The van der Waals surface area contributed by atoms with Crippen molar-refractivity contribution in [1.29, 1.82) is 0 Å². The molecule has 2 fully saturated rings. The third-order valence-electron chi connectivity index (χ3n) is 6.33. The first-order chi connectivity index (χ1) is 8.33. The summed E-state index contributed by atoms with van der Waals surface area (Å²) < 4.78 is 5.27. The Kier molecular flexibility index (Phi) is 2.31. The first kappa shape index (κ1) is 12.3. The van der Waals surface area contributed by atoms with Gasteiger partial charge in [0.05, 0.1) is 0 Å². The molecule has 1 spiro atoms. The summed E-state index contributed by atoms with van der Waals surface area (Å²) in [5, 5.41) is 0. The average Bonchev–Trinajstić information content (AvgIpc) is 2.77. The quantitative estimate of drug-likeness (QED) is 0.550. The van der Waals surface area contributed by atoms with Crippen LogP contribution in [0.2, 0.25) is 0 Å². The average molecular weight is 248 g/mol. The maximum Gasteiger partial charge on any atom is 0.293 e. The molecule has 2 bridgehead atoms. The van der Waals surface area contributed by atoms with E-state index in [1.807, 2.05) is 0 Å². The monoisotopic (exact) mass is 248 g/mol. The van der Waals surface area contributed by atoms with Crippen molar-refractivity contribution in [2.75, 3.05) is 0 Å². The van der Waals surface area contributed by atoms with E-state index in [4.69, 9.17) is 4.74 Å². The van der Waals surface area contributed by atoms with Gasteiger partial charge in [-0.2, -0.15) is 0 Å². The lowest BCUT2D eigenvalue weighted by Crippen LogP contribution is -2.45. The zero-order chi connectivity index (χ0) is 13.2. The summed E-state index contributed by atoms with van der Waals surface area (Å²) in [4.78, 5) is 10.6. The van der Waals surface area contributed by atoms with Crippen LogP contribution in [-0.4, -0.2) is 12.6 Å². The van der Waals surface area contributed by atoms with Crippen molar-refractivity contribution in [3.8, 4) is 0 Å². The van der Waals surface area contributed by atoms with Crippen LogP contribution in [0.5, 0.6) is 0 Å². The minimum atomic E-state index is -0.0169. The molecular weight excluding hydrogens is 224 g/mol. The fraction of sp³-hybridized carbons (Fsp3) is 0.812. The zero-order valence-corrected chi connectivity index (χ0v) is 12.0. The van der Waals surface area contributed by atoms with E-state index in [1.165, 1.54) is 19.3 Å². The van der Waals surface area contributed by atoms with Gasteiger partial charge in [0.1, 0.15) is 6.10 Å². The topological polar surface area (TPSA) is 26.3 Å². The highest BCUT2D eigenvalue weighted by Gasteiger charge is 2.65. The van der Waals surface area contributed by atoms with E-state index in [0.717, 1.165) is 12.3 Å². The fourth-order valence-corrected chi connectivity index (χ4v) is 5.20. The number of allylic oxidation sites excluding steroid dienone is 1. The van der Waals surface area contributed by atoms with Crippen LogP contribution in [-0.2, 0) is 9.53 Å². The molecule has 0 aromatic carbocycles. The first-order valence-corrected chi connectivity index (χ1v) is 7.15. The fourth-order valence-electron chi connectivity index (χ4n) is 5.20. The van der Waals surface area contributed by atoms with Crippen molar-refractivity contribution in [2.24, 2.45) is 22.2 Å². The first-order valence-electron chi connectivity index (χ1n) is 7.15. The van der Waals surface area contributed by atoms with Gasteiger partial charge in [0.15, 0.2) is 0 Å². The Balaban J connectivity index is 2.10. The zero-order valence-electron chi connectivity index (χ0n) is 12.0. The normalized spacial score (nSPS) is 43.2. The van der Waals surface area contributed by atoms with Crippen molar-refractivity contribution in [2.45, 2.75) is 59.5 Å². The summed E-state index contributed by atoms with van der Waals surface area (Å²) in [5.74, 6) is 0.818. The predicted octanol–water partition coefficient (Wildman–Crippen LogP) is 3.71. The number of ether oxygens (including phenoxy) is 1. The molecule has 18 heavy (non-hydrogen) atoms. The van der Waals surface area contributed by atoms with Gasteiger partial charge in [-0.05, 0) is 53.9 Å². The number of hydrogen-bond donors (Lipinski definition) is 0. The Labute approximate surface area is 110 Å². The maximum absolute atomic E-state index is 10.6. The summed E-state index contributed by atoms with van der Waals surface area (Å²) in [6.07, 6.45) is 7.27. The molecule has 0 radical (unpaired) electrons. The Hall–Kier alpha value is -0.790. The smallest absolute Gasteiger partial charge is 0.293 e. The molecule has 2 nitrogen and oxygen atoms in total. The van der Waals surface area contributed by atoms with E-state index in [1.54, 1.807) is 5.57 Å². The minimum Gasteiger partial charge on any atom is -0.460 e. The van der Waals surface area contributed by atoms with Crippen LogP contribution >= 0.6 is 0 Å². The van der Waals surface area contributed by atoms with Gasteiger partial charge in [-0.3, -0.25) is 4.79 Å². The van der Waals surface area contributed by atoms with E-state index < -0.39 is 0 Å². The van der Waals surface area contributed by atoms with Gasteiger partial charge >= 0.3 is 0 Å². The lowest BCUT2D eigenvalue weighted by atomic mass is 9.53.